The van der Waals surface area contributed by atoms with Crippen molar-refractivity contribution in [3.05, 3.63) is 20.3 Å². The molecule has 1 rings (SSSR count). The fraction of sp³-hybridized carbons (Fsp3) is 0.727. The third-order valence-corrected chi connectivity index (χ3v) is 6.50. The van der Waals surface area contributed by atoms with Gasteiger partial charge in [-0.3, -0.25) is 4.79 Å². The highest BCUT2D eigenvalue weighted by Gasteiger charge is 2.18. The molecule has 0 bridgehead atoms. The third-order valence-electron chi connectivity index (χ3n) is 4.94. The highest BCUT2D eigenvalue weighted by Crippen LogP contribution is 2.27. The number of hydrogen-bond donors (Lipinski definition) is 0. The average molecular weight is 459 g/mol. The summed E-state index contributed by atoms with van der Waals surface area (Å²) in [6, 6.07) is 1.68. The van der Waals surface area contributed by atoms with Gasteiger partial charge in [0.25, 0.3) is 0 Å². The van der Waals surface area contributed by atoms with Crippen LogP contribution in [0.3, 0.4) is 0 Å². The lowest BCUT2D eigenvalue weighted by Crippen LogP contribution is -2.15. The summed E-state index contributed by atoms with van der Waals surface area (Å²) in [4.78, 5) is 23.9. The molecule has 0 amide bonds. The van der Waals surface area contributed by atoms with E-state index in [1.54, 1.807) is 6.07 Å². The van der Waals surface area contributed by atoms with E-state index in [4.69, 9.17) is 4.74 Å². The van der Waals surface area contributed by atoms with Crippen LogP contribution in [0.1, 0.15) is 111 Å². The van der Waals surface area contributed by atoms with E-state index in [0.717, 1.165) is 22.9 Å². The van der Waals surface area contributed by atoms with E-state index in [1.807, 2.05) is 0 Å². The zero-order chi connectivity index (χ0) is 19.9. The van der Waals surface area contributed by atoms with Crippen LogP contribution in [0.4, 0.5) is 0 Å². The Balaban J connectivity index is 2.45. The van der Waals surface area contributed by atoms with Gasteiger partial charge in [-0.15, -0.1) is 11.3 Å². The Morgan fingerprint density at radius 2 is 1.59 bits per heavy atom. The molecule has 1 unspecified atom stereocenters. The zero-order valence-corrected chi connectivity index (χ0v) is 19.3. The number of aldehydes is 1. The van der Waals surface area contributed by atoms with Crippen LogP contribution >= 0.6 is 27.3 Å². The second-order valence-electron chi connectivity index (χ2n) is 7.32. The Morgan fingerprint density at radius 1 is 1.04 bits per heavy atom. The first-order valence-electron chi connectivity index (χ1n) is 10.5. The largest absolute Gasteiger partial charge is 0.462 e. The number of hydrogen-bond acceptors (Lipinski definition) is 4. The molecule has 1 aromatic rings. The van der Waals surface area contributed by atoms with E-state index in [0.29, 0.717) is 23.0 Å². The first kappa shape index (κ1) is 24.4. The quantitative estimate of drug-likeness (QED) is 0.144. The van der Waals surface area contributed by atoms with Gasteiger partial charge in [0.15, 0.2) is 6.29 Å². The number of esters is 1. The highest BCUT2D eigenvalue weighted by atomic mass is 79.9. The molecule has 0 fully saturated rings. The van der Waals surface area contributed by atoms with Gasteiger partial charge in [0.05, 0.1) is 20.8 Å². The lowest BCUT2D eigenvalue weighted by Gasteiger charge is -2.17. The molecule has 3 nitrogen and oxygen atoms in total. The number of carbonyl (C=O) groups is 2. The van der Waals surface area contributed by atoms with Gasteiger partial charge >= 0.3 is 5.97 Å². The Labute approximate surface area is 177 Å². The van der Waals surface area contributed by atoms with Crippen LogP contribution < -0.4 is 0 Å². The fourth-order valence-electron chi connectivity index (χ4n) is 3.28. The van der Waals surface area contributed by atoms with E-state index < -0.39 is 0 Å². The van der Waals surface area contributed by atoms with Crippen molar-refractivity contribution < 1.29 is 14.3 Å². The molecule has 5 heteroatoms. The molecule has 0 aromatic carbocycles. The minimum Gasteiger partial charge on any atom is -0.462 e. The molecule has 27 heavy (non-hydrogen) atoms. The van der Waals surface area contributed by atoms with Crippen molar-refractivity contribution in [3.63, 3.8) is 0 Å². The highest BCUT2D eigenvalue weighted by molar-refractivity contribution is 9.11. The van der Waals surface area contributed by atoms with Crippen LogP contribution in [-0.4, -0.2) is 18.9 Å². The SMILES string of the molecule is CCCCCCCCC(CCCCCC)COC(=O)c1cc(Br)sc1C=O. The van der Waals surface area contributed by atoms with Gasteiger partial charge in [-0.05, 0) is 40.8 Å². The van der Waals surface area contributed by atoms with E-state index in [9.17, 15) is 9.59 Å². The van der Waals surface area contributed by atoms with Gasteiger partial charge in [0, 0.05) is 0 Å². The van der Waals surface area contributed by atoms with Gasteiger partial charge in [-0.25, -0.2) is 4.79 Å². The minimum atomic E-state index is -0.374. The molecule has 0 N–H and O–H groups in total. The minimum absolute atomic E-state index is 0.374. The number of unbranched alkanes of at least 4 members (excludes halogenated alkanes) is 8. The summed E-state index contributed by atoms with van der Waals surface area (Å²) in [6.07, 6.45) is 15.7. The van der Waals surface area contributed by atoms with Crippen molar-refractivity contribution in [2.75, 3.05) is 6.61 Å². The molecule has 0 aliphatic heterocycles. The summed E-state index contributed by atoms with van der Waals surface area (Å²) in [5.74, 6) is 0.0549. The van der Waals surface area contributed by atoms with E-state index in [-0.39, 0.29) is 5.97 Å². The maximum Gasteiger partial charge on any atom is 0.339 e. The zero-order valence-electron chi connectivity index (χ0n) is 16.9. The average Bonchev–Trinajstić information content (AvgIpc) is 3.05. The van der Waals surface area contributed by atoms with Crippen LogP contribution in [0.5, 0.6) is 0 Å². The molecular formula is C22H35BrO3S. The maximum atomic E-state index is 12.4. The second-order valence-corrected chi connectivity index (χ2v) is 9.78. The van der Waals surface area contributed by atoms with Crippen LogP contribution in [0.2, 0.25) is 0 Å². The summed E-state index contributed by atoms with van der Waals surface area (Å²) >= 11 is 4.60. The first-order valence-corrected chi connectivity index (χ1v) is 12.1. The molecule has 1 heterocycles. The van der Waals surface area contributed by atoms with E-state index in [1.165, 1.54) is 75.5 Å². The Hall–Kier alpha value is -0.680. The summed E-state index contributed by atoms with van der Waals surface area (Å²) < 4.78 is 6.36. The van der Waals surface area contributed by atoms with Gasteiger partial charge in [0.1, 0.15) is 0 Å². The fourth-order valence-corrected chi connectivity index (χ4v) is 4.72. The molecule has 0 aliphatic rings. The molecule has 0 saturated heterocycles. The van der Waals surface area contributed by atoms with Gasteiger partial charge in [-0.2, -0.15) is 0 Å². The maximum absolute atomic E-state index is 12.4. The number of ether oxygens (including phenoxy) is 1. The molecule has 0 radical (unpaired) electrons. The monoisotopic (exact) mass is 458 g/mol. The van der Waals surface area contributed by atoms with Crippen molar-refractivity contribution >= 4 is 39.5 Å². The third kappa shape index (κ3) is 10.4. The normalized spacial score (nSPS) is 12.1. The summed E-state index contributed by atoms with van der Waals surface area (Å²) in [5.41, 5.74) is 0.381. The van der Waals surface area contributed by atoms with Crippen molar-refractivity contribution in [3.8, 4) is 0 Å². The predicted octanol–water partition coefficient (Wildman–Crippen LogP) is 7.82. The molecule has 1 aromatic heterocycles. The lowest BCUT2D eigenvalue weighted by molar-refractivity contribution is 0.0421. The molecular weight excluding hydrogens is 424 g/mol. The molecule has 154 valence electrons. The first-order chi connectivity index (χ1) is 13.1. The number of carbonyl (C=O) groups excluding carboxylic acids is 2. The van der Waals surface area contributed by atoms with E-state index in [2.05, 4.69) is 29.8 Å². The molecule has 0 spiro atoms. The number of thiophene rings is 1. The smallest absolute Gasteiger partial charge is 0.339 e. The van der Waals surface area contributed by atoms with Gasteiger partial charge < -0.3 is 4.74 Å². The van der Waals surface area contributed by atoms with Gasteiger partial charge in [0.2, 0.25) is 0 Å². The Bertz CT molecular complexity index is 542. The van der Waals surface area contributed by atoms with Crippen LogP contribution in [0.25, 0.3) is 0 Å². The van der Waals surface area contributed by atoms with E-state index >= 15 is 0 Å². The van der Waals surface area contributed by atoms with Crippen molar-refractivity contribution in [2.45, 2.75) is 90.9 Å². The lowest BCUT2D eigenvalue weighted by atomic mass is 9.95. The Morgan fingerprint density at radius 3 is 2.19 bits per heavy atom. The predicted molar refractivity (Wildman–Crippen MR) is 118 cm³/mol. The van der Waals surface area contributed by atoms with Crippen molar-refractivity contribution in [2.24, 2.45) is 5.92 Å². The van der Waals surface area contributed by atoms with Crippen LogP contribution in [0.15, 0.2) is 9.85 Å². The van der Waals surface area contributed by atoms with Gasteiger partial charge in [-0.1, -0.05) is 78.1 Å². The molecule has 0 saturated carbocycles. The summed E-state index contributed by atoms with van der Waals surface area (Å²) in [5, 5.41) is 0. The van der Waals surface area contributed by atoms with Crippen LogP contribution in [0, 0.1) is 5.92 Å². The van der Waals surface area contributed by atoms with Crippen molar-refractivity contribution in [1.29, 1.82) is 0 Å². The van der Waals surface area contributed by atoms with Crippen molar-refractivity contribution in [1.82, 2.24) is 0 Å². The molecule has 0 aliphatic carbocycles. The summed E-state index contributed by atoms with van der Waals surface area (Å²) in [7, 11) is 0. The number of halogens is 1. The topological polar surface area (TPSA) is 43.4 Å². The summed E-state index contributed by atoms with van der Waals surface area (Å²) in [6.45, 7) is 4.92. The van der Waals surface area contributed by atoms with Crippen LogP contribution in [-0.2, 0) is 4.74 Å². The number of rotatable bonds is 16. The standard InChI is InChI=1S/C22H35BrO3S/c1-3-5-7-9-10-12-14-18(13-11-8-6-4-2)17-26-22(25)19-15-21(23)27-20(19)16-24/h15-16,18H,3-14,17H2,1-2H3. The Kier molecular flexibility index (Phi) is 13.8. The second kappa shape index (κ2) is 15.3. The molecule has 1 atom stereocenters.